The second-order valence-corrected chi connectivity index (χ2v) is 5.37. The quantitative estimate of drug-likeness (QED) is 0.869. The fraction of sp³-hybridized carbons (Fsp3) is 0.429. The van der Waals surface area contributed by atoms with Crippen molar-refractivity contribution in [2.75, 3.05) is 5.32 Å². The summed E-state index contributed by atoms with van der Waals surface area (Å²) in [5.41, 5.74) is 2.98. The number of aryl methyl sites for hydroxylation is 1. The molecule has 0 atom stereocenters. The molecule has 0 saturated carbocycles. The smallest absolute Gasteiger partial charge is 0.412 e. The first-order valence-electron chi connectivity index (χ1n) is 6.52. The second kappa shape index (κ2) is 3.98. The molecular formula is C14H17N3O2. The highest BCUT2D eigenvalue weighted by Crippen LogP contribution is 2.37. The van der Waals surface area contributed by atoms with Crippen molar-refractivity contribution < 1.29 is 9.53 Å². The van der Waals surface area contributed by atoms with Crippen molar-refractivity contribution in [3.63, 3.8) is 0 Å². The van der Waals surface area contributed by atoms with Crippen LogP contribution in [0.25, 0.3) is 11.0 Å². The summed E-state index contributed by atoms with van der Waals surface area (Å²) in [6, 6.07) is 3.92. The molecule has 0 spiro atoms. The number of cyclic esters (lactones) is 1. The van der Waals surface area contributed by atoms with Gasteiger partial charge in [-0.25, -0.2) is 9.78 Å². The van der Waals surface area contributed by atoms with Crippen LogP contribution >= 0.6 is 0 Å². The second-order valence-electron chi connectivity index (χ2n) is 5.37. The highest BCUT2D eigenvalue weighted by Gasteiger charge is 2.33. The van der Waals surface area contributed by atoms with E-state index < -0.39 is 11.7 Å². The maximum absolute atomic E-state index is 11.5. The van der Waals surface area contributed by atoms with Crippen LogP contribution in [-0.4, -0.2) is 16.1 Å². The molecule has 0 radical (unpaired) electrons. The van der Waals surface area contributed by atoms with Gasteiger partial charge in [0, 0.05) is 12.0 Å². The highest BCUT2D eigenvalue weighted by atomic mass is 16.6. The van der Waals surface area contributed by atoms with E-state index in [1.165, 1.54) is 0 Å². The Balaban J connectivity index is 2.16. The van der Waals surface area contributed by atoms with Crippen molar-refractivity contribution in [3.05, 3.63) is 23.5 Å². The van der Waals surface area contributed by atoms with Gasteiger partial charge in [0.05, 0.1) is 16.7 Å². The van der Waals surface area contributed by atoms with Gasteiger partial charge >= 0.3 is 6.09 Å². The Morgan fingerprint density at radius 3 is 2.89 bits per heavy atom. The number of carbonyl (C=O) groups is 1. The lowest BCUT2D eigenvalue weighted by Crippen LogP contribution is -2.34. The summed E-state index contributed by atoms with van der Waals surface area (Å²) < 4.78 is 5.32. The lowest BCUT2D eigenvalue weighted by molar-refractivity contribution is 0.0421. The molecule has 0 saturated heterocycles. The van der Waals surface area contributed by atoms with Crippen molar-refractivity contribution in [2.24, 2.45) is 0 Å². The van der Waals surface area contributed by atoms with Crippen LogP contribution in [0.1, 0.15) is 38.6 Å². The lowest BCUT2D eigenvalue weighted by Gasteiger charge is -2.32. The third-order valence-corrected chi connectivity index (χ3v) is 3.39. The van der Waals surface area contributed by atoms with Gasteiger partial charge in [0.1, 0.15) is 11.4 Å². The number of anilines is 1. The number of aromatic nitrogens is 2. The Hall–Kier alpha value is -2.04. The standard InChI is InChI=1S/C14H17N3O2/c1-4-5-12-15-10-6-8-9(7-11(10)16-12)17-13(18)19-14(8,2)3/h6-7H,4-5H2,1-3H3,(H,15,16)(H,17,18). The minimum Gasteiger partial charge on any atom is -0.438 e. The Bertz CT molecular complexity index is 658. The number of aromatic amines is 1. The number of rotatable bonds is 2. The minimum atomic E-state index is -0.623. The van der Waals surface area contributed by atoms with E-state index in [-0.39, 0.29) is 0 Å². The van der Waals surface area contributed by atoms with Crippen LogP contribution in [0.15, 0.2) is 12.1 Å². The maximum Gasteiger partial charge on any atom is 0.412 e. The number of benzene rings is 1. The number of imidazole rings is 1. The van der Waals surface area contributed by atoms with E-state index in [0.29, 0.717) is 0 Å². The summed E-state index contributed by atoms with van der Waals surface area (Å²) in [6.45, 7) is 5.90. The molecule has 0 fully saturated rings. The predicted octanol–water partition coefficient (Wildman–Crippen LogP) is 3.31. The van der Waals surface area contributed by atoms with Crippen LogP contribution in [0, 0.1) is 0 Å². The summed E-state index contributed by atoms with van der Waals surface area (Å²) in [6.07, 6.45) is 1.55. The molecule has 19 heavy (non-hydrogen) atoms. The molecule has 5 heteroatoms. The van der Waals surface area contributed by atoms with Crippen molar-refractivity contribution in [1.29, 1.82) is 0 Å². The van der Waals surface area contributed by atoms with Gasteiger partial charge in [0.2, 0.25) is 0 Å². The van der Waals surface area contributed by atoms with Gasteiger partial charge in [-0.05, 0) is 32.4 Å². The fourth-order valence-electron chi connectivity index (χ4n) is 2.49. The zero-order chi connectivity index (χ0) is 13.6. The monoisotopic (exact) mass is 259 g/mol. The predicted molar refractivity (Wildman–Crippen MR) is 73.2 cm³/mol. The normalized spacial score (nSPS) is 16.9. The van der Waals surface area contributed by atoms with E-state index in [0.717, 1.165) is 41.0 Å². The van der Waals surface area contributed by atoms with Crippen LogP contribution in [0.3, 0.4) is 0 Å². The first kappa shape index (κ1) is 12.0. The molecule has 1 amide bonds. The average Bonchev–Trinajstić information content (AvgIpc) is 2.67. The zero-order valence-corrected chi connectivity index (χ0v) is 11.3. The molecule has 5 nitrogen and oxygen atoms in total. The largest absolute Gasteiger partial charge is 0.438 e. The molecule has 1 aromatic carbocycles. The van der Waals surface area contributed by atoms with Gasteiger partial charge in [0.15, 0.2) is 0 Å². The molecule has 0 bridgehead atoms. The maximum atomic E-state index is 11.5. The van der Waals surface area contributed by atoms with Gasteiger partial charge in [-0.1, -0.05) is 6.92 Å². The Labute approximate surface area is 111 Å². The third kappa shape index (κ3) is 1.95. The zero-order valence-electron chi connectivity index (χ0n) is 11.3. The summed E-state index contributed by atoms with van der Waals surface area (Å²) in [5, 5.41) is 2.73. The number of hydrogen-bond acceptors (Lipinski definition) is 3. The van der Waals surface area contributed by atoms with Crippen LogP contribution in [0.2, 0.25) is 0 Å². The number of ether oxygens (including phenoxy) is 1. The molecule has 0 aliphatic carbocycles. The van der Waals surface area contributed by atoms with Crippen LogP contribution in [0.5, 0.6) is 0 Å². The topological polar surface area (TPSA) is 67.0 Å². The molecule has 3 rings (SSSR count). The van der Waals surface area contributed by atoms with E-state index >= 15 is 0 Å². The van der Waals surface area contributed by atoms with Gasteiger partial charge in [-0.3, -0.25) is 5.32 Å². The van der Waals surface area contributed by atoms with Crippen molar-refractivity contribution in [1.82, 2.24) is 9.97 Å². The molecule has 1 aliphatic heterocycles. The van der Waals surface area contributed by atoms with E-state index in [1.807, 2.05) is 26.0 Å². The number of hydrogen-bond donors (Lipinski definition) is 2. The number of H-pyrrole nitrogens is 1. The Morgan fingerprint density at radius 1 is 1.37 bits per heavy atom. The van der Waals surface area contributed by atoms with E-state index in [9.17, 15) is 4.79 Å². The number of amides is 1. The van der Waals surface area contributed by atoms with Gasteiger partial charge < -0.3 is 9.72 Å². The fourth-order valence-corrected chi connectivity index (χ4v) is 2.49. The number of nitrogens with one attached hydrogen (secondary N) is 2. The van der Waals surface area contributed by atoms with Crippen LogP contribution < -0.4 is 5.32 Å². The first-order valence-corrected chi connectivity index (χ1v) is 6.52. The van der Waals surface area contributed by atoms with E-state index in [2.05, 4.69) is 22.2 Å². The first-order chi connectivity index (χ1) is 8.99. The number of nitrogens with zero attached hydrogens (tertiary/aromatic N) is 1. The van der Waals surface area contributed by atoms with Crippen LogP contribution in [0.4, 0.5) is 10.5 Å². The highest BCUT2D eigenvalue weighted by molar-refractivity contribution is 5.93. The molecule has 2 heterocycles. The Morgan fingerprint density at radius 2 is 2.16 bits per heavy atom. The molecule has 1 aliphatic rings. The average molecular weight is 259 g/mol. The summed E-state index contributed by atoms with van der Waals surface area (Å²) in [7, 11) is 0. The summed E-state index contributed by atoms with van der Waals surface area (Å²) in [5.74, 6) is 0.977. The van der Waals surface area contributed by atoms with Gasteiger partial charge in [0.25, 0.3) is 0 Å². The minimum absolute atomic E-state index is 0.416. The lowest BCUT2D eigenvalue weighted by atomic mass is 9.94. The molecule has 100 valence electrons. The molecule has 0 unspecified atom stereocenters. The van der Waals surface area contributed by atoms with Gasteiger partial charge in [-0.15, -0.1) is 0 Å². The number of carbonyl (C=O) groups excluding carboxylic acids is 1. The van der Waals surface area contributed by atoms with Crippen LogP contribution in [-0.2, 0) is 16.8 Å². The number of fused-ring (bicyclic) bond motifs is 2. The molecule has 2 N–H and O–H groups in total. The summed E-state index contributed by atoms with van der Waals surface area (Å²) in [4.78, 5) is 19.4. The third-order valence-electron chi connectivity index (χ3n) is 3.39. The summed E-state index contributed by atoms with van der Waals surface area (Å²) >= 11 is 0. The van der Waals surface area contributed by atoms with Crippen molar-refractivity contribution in [3.8, 4) is 0 Å². The van der Waals surface area contributed by atoms with Crippen molar-refractivity contribution in [2.45, 2.75) is 39.2 Å². The van der Waals surface area contributed by atoms with E-state index in [4.69, 9.17) is 4.74 Å². The molecular weight excluding hydrogens is 242 g/mol. The molecule has 1 aromatic heterocycles. The SMILES string of the molecule is CCCc1nc2cc3c(cc2[nH]1)C(C)(C)OC(=O)N3. The Kier molecular flexibility index (Phi) is 2.52. The van der Waals surface area contributed by atoms with Gasteiger partial charge in [-0.2, -0.15) is 0 Å². The van der Waals surface area contributed by atoms with E-state index in [1.54, 1.807) is 0 Å². The molecule has 2 aromatic rings. The van der Waals surface area contributed by atoms with Crippen molar-refractivity contribution >= 4 is 22.8 Å².